The Morgan fingerprint density at radius 2 is 1.95 bits per heavy atom. The summed E-state index contributed by atoms with van der Waals surface area (Å²) in [4.78, 5) is 3.94. The van der Waals surface area contributed by atoms with Gasteiger partial charge in [-0.15, -0.1) is 0 Å². The summed E-state index contributed by atoms with van der Waals surface area (Å²) < 4.78 is 39.3. The van der Waals surface area contributed by atoms with Gasteiger partial charge in [-0.25, -0.2) is 12.8 Å². The van der Waals surface area contributed by atoms with Gasteiger partial charge in [0.2, 0.25) is 10.0 Å². The average molecular weight is 324 g/mol. The smallest absolute Gasteiger partial charge is 0.218 e. The summed E-state index contributed by atoms with van der Waals surface area (Å²) in [6.07, 6.45) is 3.17. The summed E-state index contributed by atoms with van der Waals surface area (Å²) in [5.74, 6) is -0.793. The molecule has 2 rings (SSSR count). The zero-order chi connectivity index (χ0) is 16.0. The SMILES string of the molecule is O=S(=O)(Cc1cccc(F)c1)N(CCO)Cc1cccnc1. The van der Waals surface area contributed by atoms with Crippen molar-refractivity contribution < 1.29 is 17.9 Å². The lowest BCUT2D eigenvalue weighted by molar-refractivity contribution is 0.251. The minimum absolute atomic E-state index is 0.0213. The van der Waals surface area contributed by atoms with Crippen LogP contribution >= 0.6 is 0 Å². The predicted molar refractivity (Wildman–Crippen MR) is 80.8 cm³/mol. The monoisotopic (exact) mass is 324 g/mol. The highest BCUT2D eigenvalue weighted by atomic mass is 32.2. The molecule has 118 valence electrons. The Morgan fingerprint density at radius 1 is 1.18 bits per heavy atom. The number of pyridine rings is 1. The van der Waals surface area contributed by atoms with E-state index in [4.69, 9.17) is 5.11 Å². The molecule has 0 fully saturated rings. The molecule has 5 nitrogen and oxygen atoms in total. The zero-order valence-electron chi connectivity index (χ0n) is 11.9. The molecule has 0 saturated heterocycles. The normalized spacial score (nSPS) is 11.8. The number of hydrogen-bond donors (Lipinski definition) is 1. The molecule has 0 aliphatic carbocycles. The summed E-state index contributed by atoms with van der Waals surface area (Å²) in [6.45, 7) is -0.193. The third kappa shape index (κ3) is 4.59. The predicted octanol–water partition coefficient (Wildman–Crippen LogP) is 1.55. The van der Waals surface area contributed by atoms with Gasteiger partial charge in [0, 0.05) is 25.5 Å². The molecular weight excluding hydrogens is 307 g/mol. The fourth-order valence-corrected chi connectivity index (χ4v) is 3.54. The summed E-state index contributed by atoms with van der Waals surface area (Å²) >= 11 is 0. The van der Waals surface area contributed by atoms with Crippen LogP contribution < -0.4 is 0 Å². The first-order valence-electron chi connectivity index (χ1n) is 6.73. The van der Waals surface area contributed by atoms with Gasteiger partial charge in [-0.05, 0) is 29.3 Å². The third-order valence-electron chi connectivity index (χ3n) is 3.06. The van der Waals surface area contributed by atoms with E-state index in [1.165, 1.54) is 22.5 Å². The molecule has 1 N–H and O–H groups in total. The summed E-state index contributed by atoms with van der Waals surface area (Å²) in [6, 6.07) is 8.95. The minimum Gasteiger partial charge on any atom is -0.395 e. The van der Waals surface area contributed by atoms with E-state index in [1.807, 2.05) is 0 Å². The summed E-state index contributed by atoms with van der Waals surface area (Å²) in [5.41, 5.74) is 1.09. The second-order valence-corrected chi connectivity index (χ2v) is 6.77. The van der Waals surface area contributed by atoms with Gasteiger partial charge in [0.1, 0.15) is 5.82 Å². The number of halogens is 1. The van der Waals surface area contributed by atoms with E-state index in [-0.39, 0.29) is 25.4 Å². The maximum Gasteiger partial charge on any atom is 0.218 e. The van der Waals surface area contributed by atoms with E-state index < -0.39 is 15.8 Å². The molecule has 0 radical (unpaired) electrons. The van der Waals surface area contributed by atoms with Crippen LogP contribution in [0.5, 0.6) is 0 Å². The highest BCUT2D eigenvalue weighted by Gasteiger charge is 2.22. The second-order valence-electron chi connectivity index (χ2n) is 4.80. The molecule has 1 aromatic carbocycles. The van der Waals surface area contributed by atoms with E-state index in [9.17, 15) is 12.8 Å². The Morgan fingerprint density at radius 3 is 2.59 bits per heavy atom. The standard InChI is InChI=1S/C15H17FN2O3S/c16-15-5-1-3-13(9-15)12-22(20,21)18(7-8-19)11-14-4-2-6-17-10-14/h1-6,9-10,19H,7-8,11-12H2. The molecule has 0 atom stereocenters. The van der Waals surface area contributed by atoms with E-state index in [2.05, 4.69) is 4.98 Å². The number of nitrogens with zero attached hydrogens (tertiary/aromatic N) is 2. The first-order chi connectivity index (χ1) is 10.5. The molecule has 0 amide bonds. The topological polar surface area (TPSA) is 70.5 Å². The van der Waals surface area contributed by atoms with Crippen molar-refractivity contribution in [3.8, 4) is 0 Å². The van der Waals surface area contributed by atoms with Crippen molar-refractivity contribution in [1.29, 1.82) is 0 Å². The van der Waals surface area contributed by atoms with Gasteiger partial charge >= 0.3 is 0 Å². The lowest BCUT2D eigenvalue weighted by Gasteiger charge is -2.21. The van der Waals surface area contributed by atoms with Crippen molar-refractivity contribution in [2.75, 3.05) is 13.2 Å². The molecule has 1 aromatic heterocycles. The number of aliphatic hydroxyl groups is 1. The van der Waals surface area contributed by atoms with Crippen molar-refractivity contribution >= 4 is 10.0 Å². The maximum absolute atomic E-state index is 13.2. The van der Waals surface area contributed by atoms with Crippen LogP contribution in [0.25, 0.3) is 0 Å². The van der Waals surface area contributed by atoms with Crippen LogP contribution in [-0.4, -0.2) is 36.0 Å². The van der Waals surface area contributed by atoms with Crippen molar-refractivity contribution in [3.63, 3.8) is 0 Å². The molecule has 7 heteroatoms. The molecule has 0 saturated carbocycles. The number of rotatable bonds is 7. The molecule has 0 unspecified atom stereocenters. The fraction of sp³-hybridized carbons (Fsp3) is 0.267. The van der Waals surface area contributed by atoms with Gasteiger partial charge in [0.15, 0.2) is 0 Å². The minimum atomic E-state index is -3.67. The van der Waals surface area contributed by atoms with E-state index in [0.29, 0.717) is 5.56 Å². The Kier molecular flexibility index (Phi) is 5.59. The molecule has 2 aromatic rings. The molecule has 22 heavy (non-hydrogen) atoms. The maximum atomic E-state index is 13.2. The largest absolute Gasteiger partial charge is 0.395 e. The van der Waals surface area contributed by atoms with Gasteiger partial charge in [0.05, 0.1) is 12.4 Å². The van der Waals surface area contributed by atoms with Crippen LogP contribution in [0.15, 0.2) is 48.8 Å². The lowest BCUT2D eigenvalue weighted by atomic mass is 10.2. The summed E-state index contributed by atoms with van der Waals surface area (Å²) in [7, 11) is -3.67. The van der Waals surface area contributed by atoms with Crippen LogP contribution in [0.4, 0.5) is 4.39 Å². The Hall–Kier alpha value is -1.83. The first-order valence-corrected chi connectivity index (χ1v) is 8.34. The molecule has 0 bridgehead atoms. The zero-order valence-corrected chi connectivity index (χ0v) is 12.7. The Balaban J connectivity index is 2.18. The van der Waals surface area contributed by atoms with Crippen LogP contribution in [0.3, 0.4) is 0 Å². The van der Waals surface area contributed by atoms with Crippen molar-refractivity contribution in [2.24, 2.45) is 0 Å². The number of hydrogen-bond acceptors (Lipinski definition) is 4. The van der Waals surface area contributed by atoms with Gasteiger partial charge in [-0.1, -0.05) is 18.2 Å². The molecule has 0 aliphatic heterocycles. The van der Waals surface area contributed by atoms with Crippen molar-refractivity contribution in [1.82, 2.24) is 9.29 Å². The summed E-state index contributed by atoms with van der Waals surface area (Å²) in [5, 5.41) is 9.11. The van der Waals surface area contributed by atoms with Crippen LogP contribution in [0.2, 0.25) is 0 Å². The van der Waals surface area contributed by atoms with Gasteiger partial charge in [-0.2, -0.15) is 4.31 Å². The molecule has 0 aliphatic rings. The van der Waals surface area contributed by atoms with Gasteiger partial charge in [-0.3, -0.25) is 4.98 Å². The van der Waals surface area contributed by atoms with E-state index >= 15 is 0 Å². The van der Waals surface area contributed by atoms with Crippen molar-refractivity contribution in [2.45, 2.75) is 12.3 Å². The van der Waals surface area contributed by atoms with Crippen LogP contribution in [-0.2, 0) is 22.3 Å². The number of benzene rings is 1. The lowest BCUT2D eigenvalue weighted by Crippen LogP contribution is -2.34. The Bertz CT molecular complexity index is 708. The van der Waals surface area contributed by atoms with Crippen LogP contribution in [0.1, 0.15) is 11.1 Å². The number of aromatic nitrogens is 1. The van der Waals surface area contributed by atoms with Crippen LogP contribution in [0, 0.1) is 5.82 Å². The third-order valence-corrected chi connectivity index (χ3v) is 4.86. The average Bonchev–Trinajstić information content (AvgIpc) is 2.47. The highest BCUT2D eigenvalue weighted by molar-refractivity contribution is 7.88. The van der Waals surface area contributed by atoms with Gasteiger partial charge < -0.3 is 5.11 Å². The fourth-order valence-electron chi connectivity index (χ4n) is 2.05. The van der Waals surface area contributed by atoms with Crippen molar-refractivity contribution in [3.05, 3.63) is 65.7 Å². The first kappa shape index (κ1) is 16.5. The van der Waals surface area contributed by atoms with E-state index in [0.717, 1.165) is 5.56 Å². The molecular formula is C15H17FN2O3S. The highest BCUT2D eigenvalue weighted by Crippen LogP contribution is 2.15. The second kappa shape index (κ2) is 7.44. The van der Waals surface area contributed by atoms with Gasteiger partial charge in [0.25, 0.3) is 0 Å². The number of aliphatic hydroxyl groups excluding tert-OH is 1. The quantitative estimate of drug-likeness (QED) is 0.839. The Labute approximate surface area is 129 Å². The number of sulfonamides is 1. The molecule has 1 heterocycles. The van der Waals surface area contributed by atoms with E-state index in [1.54, 1.807) is 30.6 Å². The molecule has 0 spiro atoms.